The zero-order valence-electron chi connectivity index (χ0n) is 16.8. The van der Waals surface area contributed by atoms with Crippen molar-refractivity contribution in [2.24, 2.45) is 0 Å². The first-order valence-corrected chi connectivity index (χ1v) is 11.1. The van der Waals surface area contributed by atoms with E-state index in [-0.39, 0.29) is 12.1 Å². The number of hydrogen-bond acceptors (Lipinski definition) is 2. The van der Waals surface area contributed by atoms with Gasteiger partial charge in [-0.1, -0.05) is 96.5 Å². The summed E-state index contributed by atoms with van der Waals surface area (Å²) in [5, 5.41) is 0. The summed E-state index contributed by atoms with van der Waals surface area (Å²) in [5.74, 6) is -0.205. The van der Waals surface area contributed by atoms with Crippen LogP contribution in [0.1, 0.15) is 122 Å². The molecule has 0 radical (unpaired) electrons. The first-order chi connectivity index (χ1) is 12.2. The molecule has 146 valence electrons. The molecule has 0 spiro atoms. The van der Waals surface area contributed by atoms with E-state index >= 15 is 0 Å². The minimum atomic E-state index is -0.205. The van der Waals surface area contributed by atoms with Crippen molar-refractivity contribution in [3.63, 3.8) is 0 Å². The lowest BCUT2D eigenvalue weighted by molar-refractivity contribution is -0.145. The van der Waals surface area contributed by atoms with Crippen LogP contribution in [0.15, 0.2) is 12.2 Å². The normalized spacial score (nSPS) is 21.5. The summed E-state index contributed by atoms with van der Waals surface area (Å²) < 4.78 is 5.67. The summed E-state index contributed by atoms with van der Waals surface area (Å²) in [7, 11) is 0. The average Bonchev–Trinajstić information content (AvgIpc) is 2.59. The van der Waals surface area contributed by atoms with E-state index in [9.17, 15) is 4.79 Å². The van der Waals surface area contributed by atoms with E-state index < -0.39 is 0 Å². The fourth-order valence-electron chi connectivity index (χ4n) is 3.73. The van der Waals surface area contributed by atoms with E-state index in [0.717, 1.165) is 12.8 Å². The second kappa shape index (κ2) is 15.5. The lowest BCUT2D eigenvalue weighted by Gasteiger charge is -2.18. The number of rotatable bonds is 2. The predicted octanol–water partition coefficient (Wildman–Crippen LogP) is 7.51. The number of carbonyl (C=O) groups is 1. The third-order valence-corrected chi connectivity index (χ3v) is 5.42. The van der Waals surface area contributed by atoms with Crippen molar-refractivity contribution in [1.29, 1.82) is 0 Å². The molecule has 1 aliphatic rings. The van der Waals surface area contributed by atoms with Crippen molar-refractivity contribution in [3.05, 3.63) is 12.2 Å². The maximum atomic E-state index is 11.9. The van der Waals surface area contributed by atoms with Crippen LogP contribution < -0.4 is 0 Å². The van der Waals surface area contributed by atoms with Crippen LogP contribution >= 0.6 is 0 Å². The van der Waals surface area contributed by atoms with E-state index in [0.29, 0.717) is 5.57 Å². The van der Waals surface area contributed by atoms with Crippen LogP contribution in [-0.2, 0) is 9.53 Å². The number of carbonyl (C=O) groups excluding carboxylic acids is 1. The molecule has 0 unspecified atom stereocenters. The first-order valence-electron chi connectivity index (χ1n) is 11.1. The van der Waals surface area contributed by atoms with Gasteiger partial charge in [-0.3, -0.25) is 0 Å². The largest absolute Gasteiger partial charge is 0.459 e. The summed E-state index contributed by atoms with van der Waals surface area (Å²) in [4.78, 5) is 11.9. The molecule has 0 amide bonds. The van der Waals surface area contributed by atoms with Gasteiger partial charge in [0.2, 0.25) is 0 Å². The first kappa shape index (κ1) is 22.3. The molecule has 0 aromatic carbocycles. The Labute approximate surface area is 156 Å². The molecule has 25 heavy (non-hydrogen) atoms. The van der Waals surface area contributed by atoms with Crippen molar-refractivity contribution >= 4 is 5.97 Å². The molecule has 1 fully saturated rings. The maximum Gasteiger partial charge on any atom is 0.333 e. The molecule has 0 aromatic rings. The predicted molar refractivity (Wildman–Crippen MR) is 108 cm³/mol. The highest BCUT2D eigenvalue weighted by molar-refractivity contribution is 5.87. The summed E-state index contributed by atoms with van der Waals surface area (Å²) >= 11 is 0. The average molecular weight is 351 g/mol. The highest BCUT2D eigenvalue weighted by Crippen LogP contribution is 2.19. The standard InChI is InChI=1S/C23H42O2/c1-21(2)23(24)25-22-19-17-15-13-11-9-7-5-3-4-6-8-10-12-14-16-18-20-22/h22H,1,3-20H2,2H3. The molecule has 2 heteroatoms. The van der Waals surface area contributed by atoms with Gasteiger partial charge >= 0.3 is 5.97 Å². The van der Waals surface area contributed by atoms with Gasteiger partial charge in [0.25, 0.3) is 0 Å². The third-order valence-electron chi connectivity index (χ3n) is 5.42. The Hall–Kier alpha value is -0.790. The second-order valence-electron chi connectivity index (χ2n) is 8.04. The van der Waals surface area contributed by atoms with Crippen molar-refractivity contribution in [2.45, 2.75) is 129 Å². The molecule has 0 bridgehead atoms. The zero-order chi connectivity index (χ0) is 18.2. The Morgan fingerprint density at radius 1 is 0.640 bits per heavy atom. The topological polar surface area (TPSA) is 26.3 Å². The van der Waals surface area contributed by atoms with Crippen molar-refractivity contribution < 1.29 is 9.53 Å². The fraction of sp³-hybridized carbons (Fsp3) is 0.870. The van der Waals surface area contributed by atoms with Crippen molar-refractivity contribution in [3.8, 4) is 0 Å². The van der Waals surface area contributed by atoms with E-state index in [2.05, 4.69) is 6.58 Å². The van der Waals surface area contributed by atoms with Gasteiger partial charge in [0.05, 0.1) is 0 Å². The molecule has 0 N–H and O–H groups in total. The molecule has 1 rings (SSSR count). The molecule has 0 aliphatic heterocycles. The van der Waals surface area contributed by atoms with E-state index in [4.69, 9.17) is 4.74 Å². The molecule has 0 aromatic heterocycles. The lowest BCUT2D eigenvalue weighted by atomic mass is 10.0. The van der Waals surface area contributed by atoms with Gasteiger partial charge in [0.1, 0.15) is 6.10 Å². The minimum absolute atomic E-state index is 0.103. The molecule has 0 atom stereocenters. The van der Waals surface area contributed by atoms with Gasteiger partial charge in [-0.15, -0.1) is 0 Å². The lowest BCUT2D eigenvalue weighted by Crippen LogP contribution is -2.18. The smallest absolute Gasteiger partial charge is 0.333 e. The molecule has 1 saturated carbocycles. The van der Waals surface area contributed by atoms with Gasteiger partial charge in [0, 0.05) is 5.57 Å². The van der Waals surface area contributed by atoms with Crippen LogP contribution in [0.4, 0.5) is 0 Å². The summed E-state index contributed by atoms with van der Waals surface area (Å²) in [5.41, 5.74) is 0.524. The van der Waals surface area contributed by atoms with Crippen molar-refractivity contribution in [2.75, 3.05) is 0 Å². The Balaban J connectivity index is 2.34. The summed E-state index contributed by atoms with van der Waals surface area (Å²) in [6.07, 6.45) is 23.9. The Kier molecular flexibility index (Phi) is 13.8. The molecule has 0 heterocycles. The van der Waals surface area contributed by atoms with Gasteiger partial charge in [-0.05, 0) is 32.6 Å². The Bertz CT molecular complexity index is 328. The molecular formula is C23H42O2. The van der Waals surface area contributed by atoms with Gasteiger partial charge < -0.3 is 4.74 Å². The van der Waals surface area contributed by atoms with Crippen LogP contribution in [0.5, 0.6) is 0 Å². The highest BCUT2D eigenvalue weighted by atomic mass is 16.5. The summed E-state index contributed by atoms with van der Waals surface area (Å²) in [6, 6.07) is 0. The zero-order valence-corrected chi connectivity index (χ0v) is 16.8. The van der Waals surface area contributed by atoms with Gasteiger partial charge in [0.15, 0.2) is 0 Å². The van der Waals surface area contributed by atoms with E-state index in [1.54, 1.807) is 6.92 Å². The second-order valence-corrected chi connectivity index (χ2v) is 8.04. The fourth-order valence-corrected chi connectivity index (χ4v) is 3.73. The molecule has 1 aliphatic carbocycles. The number of hydrogen-bond donors (Lipinski definition) is 0. The quantitative estimate of drug-likeness (QED) is 0.380. The van der Waals surface area contributed by atoms with Crippen LogP contribution in [0.2, 0.25) is 0 Å². The van der Waals surface area contributed by atoms with Crippen molar-refractivity contribution in [1.82, 2.24) is 0 Å². The minimum Gasteiger partial charge on any atom is -0.459 e. The van der Waals surface area contributed by atoms with Gasteiger partial charge in [-0.2, -0.15) is 0 Å². The molecule has 2 nitrogen and oxygen atoms in total. The molecule has 0 saturated heterocycles. The van der Waals surface area contributed by atoms with Crippen LogP contribution in [0.3, 0.4) is 0 Å². The maximum absolute atomic E-state index is 11.9. The SMILES string of the molecule is C=C(C)C(=O)OC1CCCCCCCCCCCCCCCCCC1. The monoisotopic (exact) mass is 350 g/mol. The highest BCUT2D eigenvalue weighted by Gasteiger charge is 2.14. The van der Waals surface area contributed by atoms with Gasteiger partial charge in [-0.25, -0.2) is 4.79 Å². The molecular weight excluding hydrogens is 308 g/mol. The Morgan fingerprint density at radius 2 is 0.920 bits per heavy atom. The number of esters is 1. The van der Waals surface area contributed by atoms with E-state index in [1.807, 2.05) is 0 Å². The third kappa shape index (κ3) is 13.1. The van der Waals surface area contributed by atoms with E-state index in [1.165, 1.54) is 103 Å². The Morgan fingerprint density at radius 3 is 1.20 bits per heavy atom. The van der Waals surface area contributed by atoms with Crippen LogP contribution in [-0.4, -0.2) is 12.1 Å². The number of ether oxygens (including phenoxy) is 1. The van der Waals surface area contributed by atoms with Crippen LogP contribution in [0, 0.1) is 0 Å². The van der Waals surface area contributed by atoms with Crippen LogP contribution in [0.25, 0.3) is 0 Å². The summed E-state index contributed by atoms with van der Waals surface area (Å²) in [6.45, 7) is 5.46.